The van der Waals surface area contributed by atoms with Gasteiger partial charge in [-0.25, -0.2) is 9.78 Å². The molecular formula is C13H8BrClN2O3. The predicted octanol–water partition coefficient (Wildman–Crippen LogP) is 3.45. The van der Waals surface area contributed by atoms with Crippen LogP contribution < -0.4 is 5.32 Å². The number of carbonyl (C=O) groups excluding carboxylic acids is 1. The fraction of sp³-hybridized carbons (Fsp3) is 0. The van der Waals surface area contributed by atoms with Crippen LogP contribution in [0, 0.1) is 0 Å². The number of carbonyl (C=O) groups is 2. The van der Waals surface area contributed by atoms with Crippen LogP contribution in [0.2, 0.25) is 5.02 Å². The number of hydrogen-bond acceptors (Lipinski definition) is 3. The van der Waals surface area contributed by atoms with Crippen molar-refractivity contribution < 1.29 is 14.7 Å². The number of nitrogens with zero attached hydrogens (tertiary/aromatic N) is 1. The maximum atomic E-state index is 12.1. The third-order valence-corrected chi connectivity index (χ3v) is 3.73. The van der Waals surface area contributed by atoms with E-state index in [1.54, 1.807) is 18.2 Å². The van der Waals surface area contributed by atoms with Gasteiger partial charge in [0.2, 0.25) is 0 Å². The van der Waals surface area contributed by atoms with Crippen LogP contribution in [0.25, 0.3) is 0 Å². The Morgan fingerprint density at radius 2 is 2.05 bits per heavy atom. The van der Waals surface area contributed by atoms with E-state index in [9.17, 15) is 9.59 Å². The molecule has 1 aromatic heterocycles. The van der Waals surface area contributed by atoms with Crippen LogP contribution >= 0.6 is 27.5 Å². The first-order chi connectivity index (χ1) is 9.49. The number of rotatable bonds is 3. The minimum atomic E-state index is -1.17. The lowest BCUT2D eigenvalue weighted by Gasteiger charge is -2.08. The number of anilines is 1. The van der Waals surface area contributed by atoms with Gasteiger partial charge in [0.1, 0.15) is 5.69 Å². The Labute approximate surface area is 127 Å². The summed E-state index contributed by atoms with van der Waals surface area (Å²) in [4.78, 5) is 26.6. The molecule has 0 saturated heterocycles. The summed E-state index contributed by atoms with van der Waals surface area (Å²) in [5.41, 5.74) is 0.469. The van der Waals surface area contributed by atoms with E-state index in [2.05, 4.69) is 26.2 Å². The minimum absolute atomic E-state index is 0.150. The largest absolute Gasteiger partial charge is 0.477 e. The number of hydrogen-bond donors (Lipinski definition) is 2. The first-order valence-electron chi connectivity index (χ1n) is 5.44. The quantitative estimate of drug-likeness (QED) is 0.884. The van der Waals surface area contributed by atoms with Crippen molar-refractivity contribution in [2.75, 3.05) is 5.32 Å². The van der Waals surface area contributed by atoms with Crippen molar-refractivity contribution in [3.63, 3.8) is 0 Å². The zero-order valence-corrected chi connectivity index (χ0v) is 12.3. The monoisotopic (exact) mass is 354 g/mol. The number of aromatic nitrogens is 1. The number of carboxylic acid groups (broad SMARTS) is 1. The van der Waals surface area contributed by atoms with E-state index in [0.717, 1.165) is 0 Å². The predicted molar refractivity (Wildman–Crippen MR) is 78.3 cm³/mol. The van der Waals surface area contributed by atoms with E-state index < -0.39 is 11.9 Å². The molecule has 20 heavy (non-hydrogen) atoms. The third-order valence-electron chi connectivity index (χ3n) is 2.43. The standard InChI is InChI=1S/C13H8BrClN2O3/c14-9-3-1-2-8(11(9)15)12(18)17-7-4-5-16-10(6-7)13(19)20/h1-6H,(H,19,20)(H,16,17,18). The molecule has 1 amide bonds. The summed E-state index contributed by atoms with van der Waals surface area (Å²) in [6.07, 6.45) is 1.31. The van der Waals surface area contributed by atoms with Gasteiger partial charge in [0, 0.05) is 16.4 Å². The highest BCUT2D eigenvalue weighted by atomic mass is 79.9. The summed E-state index contributed by atoms with van der Waals surface area (Å²) in [6, 6.07) is 7.73. The van der Waals surface area contributed by atoms with Gasteiger partial charge in [-0.05, 0) is 40.2 Å². The van der Waals surface area contributed by atoms with Crippen LogP contribution in [0.3, 0.4) is 0 Å². The third kappa shape index (κ3) is 3.15. The summed E-state index contributed by atoms with van der Waals surface area (Å²) in [5.74, 6) is -1.60. The summed E-state index contributed by atoms with van der Waals surface area (Å²) in [7, 11) is 0. The van der Waals surface area contributed by atoms with Crippen molar-refractivity contribution >= 4 is 45.1 Å². The molecule has 2 rings (SSSR count). The Morgan fingerprint density at radius 1 is 1.30 bits per heavy atom. The number of nitrogens with one attached hydrogen (secondary N) is 1. The van der Waals surface area contributed by atoms with E-state index >= 15 is 0 Å². The highest BCUT2D eigenvalue weighted by Crippen LogP contribution is 2.26. The van der Waals surface area contributed by atoms with Crippen LogP contribution in [0.5, 0.6) is 0 Å². The van der Waals surface area contributed by atoms with E-state index in [-0.39, 0.29) is 16.3 Å². The molecule has 0 atom stereocenters. The van der Waals surface area contributed by atoms with Gasteiger partial charge in [-0.15, -0.1) is 0 Å². The lowest BCUT2D eigenvalue weighted by Crippen LogP contribution is -2.13. The number of pyridine rings is 1. The van der Waals surface area contributed by atoms with Gasteiger partial charge in [0.25, 0.3) is 5.91 Å². The fourth-order valence-corrected chi connectivity index (χ4v) is 2.08. The maximum absolute atomic E-state index is 12.1. The SMILES string of the molecule is O=C(O)c1cc(NC(=O)c2cccc(Br)c2Cl)ccn1. The van der Waals surface area contributed by atoms with Crippen molar-refractivity contribution in [1.29, 1.82) is 0 Å². The molecule has 0 bridgehead atoms. The average Bonchev–Trinajstić information content (AvgIpc) is 2.42. The lowest BCUT2D eigenvalue weighted by molar-refractivity contribution is 0.0690. The summed E-state index contributed by atoms with van der Waals surface area (Å²) < 4.78 is 0.604. The van der Waals surface area contributed by atoms with E-state index in [1.165, 1.54) is 18.3 Å². The summed E-state index contributed by atoms with van der Waals surface area (Å²) in [5, 5.41) is 11.7. The molecule has 1 heterocycles. The Bertz CT molecular complexity index is 691. The lowest BCUT2D eigenvalue weighted by atomic mass is 10.2. The molecule has 0 aliphatic carbocycles. The molecule has 5 nitrogen and oxygen atoms in total. The highest BCUT2D eigenvalue weighted by molar-refractivity contribution is 9.10. The van der Waals surface area contributed by atoms with Gasteiger partial charge in [-0.1, -0.05) is 17.7 Å². The summed E-state index contributed by atoms with van der Waals surface area (Å²) in [6.45, 7) is 0. The fourth-order valence-electron chi connectivity index (χ4n) is 1.50. The van der Waals surface area contributed by atoms with E-state index in [4.69, 9.17) is 16.7 Å². The Morgan fingerprint density at radius 3 is 2.75 bits per heavy atom. The first kappa shape index (κ1) is 14.5. The number of halogens is 2. The molecule has 0 fully saturated rings. The summed E-state index contributed by atoms with van der Waals surface area (Å²) >= 11 is 9.25. The van der Waals surface area contributed by atoms with Crippen LogP contribution in [-0.4, -0.2) is 22.0 Å². The van der Waals surface area contributed by atoms with Crippen LogP contribution in [-0.2, 0) is 0 Å². The second kappa shape index (κ2) is 6.02. The van der Waals surface area contributed by atoms with E-state index in [0.29, 0.717) is 10.2 Å². The Hall–Kier alpha value is -1.92. The van der Waals surface area contributed by atoms with Crippen molar-refractivity contribution in [2.45, 2.75) is 0 Å². The first-order valence-corrected chi connectivity index (χ1v) is 6.61. The molecular weight excluding hydrogens is 348 g/mol. The maximum Gasteiger partial charge on any atom is 0.354 e. The molecule has 2 aromatic rings. The zero-order valence-electron chi connectivity index (χ0n) is 9.93. The topological polar surface area (TPSA) is 79.3 Å². The van der Waals surface area contributed by atoms with E-state index in [1.807, 2.05) is 0 Å². The number of amides is 1. The van der Waals surface area contributed by atoms with Crippen LogP contribution in [0.1, 0.15) is 20.8 Å². The molecule has 0 aliphatic rings. The number of benzene rings is 1. The van der Waals surface area contributed by atoms with Gasteiger partial charge in [-0.2, -0.15) is 0 Å². The molecule has 0 aliphatic heterocycles. The average molecular weight is 356 g/mol. The molecule has 7 heteroatoms. The minimum Gasteiger partial charge on any atom is -0.477 e. The number of aromatic carboxylic acids is 1. The van der Waals surface area contributed by atoms with Crippen molar-refractivity contribution in [1.82, 2.24) is 4.98 Å². The van der Waals surface area contributed by atoms with Gasteiger partial charge >= 0.3 is 5.97 Å². The molecule has 0 radical (unpaired) electrons. The Kier molecular flexibility index (Phi) is 4.36. The second-order valence-corrected chi connectivity index (χ2v) is 5.02. The van der Waals surface area contributed by atoms with Crippen molar-refractivity contribution in [3.05, 3.63) is 57.3 Å². The molecule has 0 unspecified atom stereocenters. The highest BCUT2D eigenvalue weighted by Gasteiger charge is 2.13. The van der Waals surface area contributed by atoms with Gasteiger partial charge in [0.05, 0.1) is 10.6 Å². The molecule has 1 aromatic carbocycles. The van der Waals surface area contributed by atoms with Gasteiger partial charge < -0.3 is 10.4 Å². The smallest absolute Gasteiger partial charge is 0.354 e. The second-order valence-electron chi connectivity index (χ2n) is 3.79. The Balaban J connectivity index is 2.26. The molecule has 0 saturated carbocycles. The molecule has 0 spiro atoms. The van der Waals surface area contributed by atoms with Crippen molar-refractivity contribution in [3.8, 4) is 0 Å². The normalized spacial score (nSPS) is 10.1. The van der Waals surface area contributed by atoms with Gasteiger partial charge in [-0.3, -0.25) is 4.79 Å². The molecule has 102 valence electrons. The number of carboxylic acids is 1. The molecule has 2 N–H and O–H groups in total. The van der Waals surface area contributed by atoms with Crippen LogP contribution in [0.15, 0.2) is 41.0 Å². The van der Waals surface area contributed by atoms with Crippen LogP contribution in [0.4, 0.5) is 5.69 Å². The van der Waals surface area contributed by atoms with Gasteiger partial charge in [0.15, 0.2) is 0 Å². The van der Waals surface area contributed by atoms with Crippen molar-refractivity contribution in [2.24, 2.45) is 0 Å². The zero-order chi connectivity index (χ0) is 14.7.